The van der Waals surface area contributed by atoms with Crippen LogP contribution in [-0.2, 0) is 16.1 Å². The Morgan fingerprint density at radius 3 is 2.32 bits per heavy atom. The van der Waals surface area contributed by atoms with Crippen molar-refractivity contribution in [3.8, 4) is 16.2 Å². The number of carbonyl (C=O) groups is 2. The van der Waals surface area contributed by atoms with Crippen LogP contribution in [0.25, 0.3) is 10.4 Å². The summed E-state index contributed by atoms with van der Waals surface area (Å²) < 4.78 is 84.7. The van der Waals surface area contributed by atoms with Crippen molar-refractivity contribution in [3.63, 3.8) is 0 Å². The molecule has 1 saturated heterocycles. The number of halogens is 6. The molecule has 1 aliphatic heterocycles. The maximum atomic E-state index is 12.7. The molecule has 3 rings (SSSR count). The van der Waals surface area contributed by atoms with Gasteiger partial charge in [0.1, 0.15) is 5.75 Å². The molecule has 13 heteroatoms. The Hall–Kier alpha value is -2.80. The lowest BCUT2D eigenvalue weighted by atomic mass is 10.0. The van der Waals surface area contributed by atoms with Gasteiger partial charge in [-0.15, -0.1) is 11.3 Å². The summed E-state index contributed by atoms with van der Waals surface area (Å²) in [7, 11) is 0. The number of piperazine rings is 1. The Bertz CT molecular complexity index is 1000. The van der Waals surface area contributed by atoms with Gasteiger partial charge in [-0.25, -0.2) is 4.79 Å². The van der Waals surface area contributed by atoms with E-state index in [-0.39, 0.29) is 26.2 Å². The normalized spacial score (nSPS) is 15.5. The molecule has 0 aliphatic carbocycles. The molecule has 0 unspecified atom stereocenters. The van der Waals surface area contributed by atoms with Gasteiger partial charge in [0.15, 0.2) is 0 Å². The zero-order valence-corrected chi connectivity index (χ0v) is 18.6. The third-order valence-corrected chi connectivity index (χ3v) is 6.08. The van der Waals surface area contributed by atoms with Gasteiger partial charge in [-0.05, 0) is 23.9 Å². The molecule has 1 aromatic heterocycles. The maximum Gasteiger partial charge on any atom is 0.434 e. The molecule has 2 aromatic rings. The van der Waals surface area contributed by atoms with E-state index in [0.717, 1.165) is 26.5 Å². The fourth-order valence-corrected chi connectivity index (χ4v) is 4.38. The van der Waals surface area contributed by atoms with E-state index in [4.69, 9.17) is 4.74 Å². The number of ether oxygens (including phenoxy) is 2. The first-order chi connectivity index (χ1) is 15.9. The van der Waals surface area contributed by atoms with Gasteiger partial charge >= 0.3 is 18.4 Å². The lowest BCUT2D eigenvalue weighted by molar-refractivity contribution is -0.308. The van der Waals surface area contributed by atoms with E-state index < -0.39 is 24.5 Å². The third-order valence-electron chi connectivity index (χ3n) is 5.15. The van der Waals surface area contributed by atoms with Crippen molar-refractivity contribution in [3.05, 3.63) is 40.8 Å². The first kappa shape index (κ1) is 25.8. The van der Waals surface area contributed by atoms with Gasteiger partial charge in [0, 0.05) is 38.3 Å². The van der Waals surface area contributed by atoms with E-state index >= 15 is 0 Å². The number of rotatable bonds is 6. The van der Waals surface area contributed by atoms with Crippen molar-refractivity contribution in [1.82, 2.24) is 9.80 Å². The van der Waals surface area contributed by atoms with Gasteiger partial charge in [0.05, 0.1) is 4.88 Å². The molecule has 186 valence electrons. The zero-order chi connectivity index (χ0) is 25.1. The van der Waals surface area contributed by atoms with Crippen LogP contribution < -0.4 is 4.74 Å². The topological polar surface area (TPSA) is 59.1 Å². The molecule has 0 radical (unpaired) electrons. The molecule has 1 aromatic carbocycles. The van der Waals surface area contributed by atoms with Crippen LogP contribution in [0.1, 0.15) is 11.1 Å². The summed E-state index contributed by atoms with van der Waals surface area (Å²) in [6, 6.07) is 7.39. The Morgan fingerprint density at radius 1 is 1.09 bits per heavy atom. The zero-order valence-electron chi connectivity index (χ0n) is 17.8. The quantitative estimate of drug-likeness (QED) is 0.404. The van der Waals surface area contributed by atoms with Crippen molar-refractivity contribution in [2.24, 2.45) is 0 Å². The second kappa shape index (κ2) is 10.2. The van der Waals surface area contributed by atoms with E-state index in [9.17, 15) is 35.9 Å². The molecular weight excluding hydrogens is 490 g/mol. The summed E-state index contributed by atoms with van der Waals surface area (Å²) in [5.41, 5.74) is 2.70. The molecule has 0 atom stereocenters. The largest absolute Gasteiger partial charge is 0.434 e. The number of carbonyl (C=O) groups excluding carboxylic acids is 2. The van der Waals surface area contributed by atoms with Gasteiger partial charge in [-0.2, -0.15) is 26.3 Å². The molecule has 1 fully saturated rings. The number of hydrogen-bond donors (Lipinski definition) is 0. The summed E-state index contributed by atoms with van der Waals surface area (Å²) in [6.45, 7) is 2.88. The number of nitrogens with zero attached hydrogens (tertiary/aromatic N) is 2. The molecule has 1 aliphatic rings. The van der Waals surface area contributed by atoms with E-state index in [1.807, 2.05) is 30.0 Å². The van der Waals surface area contributed by atoms with Gasteiger partial charge in [-0.1, -0.05) is 23.8 Å². The van der Waals surface area contributed by atoms with E-state index in [1.165, 1.54) is 11.3 Å². The van der Waals surface area contributed by atoms with Gasteiger partial charge in [0.2, 0.25) is 0 Å². The molecule has 6 nitrogen and oxygen atoms in total. The van der Waals surface area contributed by atoms with Crippen LogP contribution in [0.3, 0.4) is 0 Å². The highest BCUT2D eigenvalue weighted by Gasteiger charge is 2.60. The number of alkyl halides is 6. The molecular formula is C21H20F6N2O4S. The Balaban J connectivity index is 1.66. The summed E-state index contributed by atoms with van der Waals surface area (Å²) in [5, 5.41) is 1.78. The Morgan fingerprint density at radius 2 is 1.74 bits per heavy atom. The van der Waals surface area contributed by atoms with Gasteiger partial charge < -0.3 is 14.4 Å². The minimum absolute atomic E-state index is 0.0963. The lowest BCUT2D eigenvalue weighted by Gasteiger charge is -2.35. The van der Waals surface area contributed by atoms with Crippen LogP contribution in [0, 0.1) is 6.92 Å². The third kappa shape index (κ3) is 6.20. The van der Waals surface area contributed by atoms with Gasteiger partial charge in [-0.3, -0.25) is 9.69 Å². The van der Waals surface area contributed by atoms with Crippen molar-refractivity contribution in [2.45, 2.75) is 31.9 Å². The molecule has 0 N–H and O–H groups in total. The maximum absolute atomic E-state index is 12.7. The molecule has 0 bridgehead atoms. The second-order valence-corrected chi connectivity index (χ2v) is 8.51. The van der Waals surface area contributed by atoms with Crippen LogP contribution in [0.5, 0.6) is 5.75 Å². The van der Waals surface area contributed by atoms with E-state index in [1.54, 1.807) is 11.4 Å². The second-order valence-electron chi connectivity index (χ2n) is 7.60. The van der Waals surface area contributed by atoms with Crippen LogP contribution in [0.4, 0.5) is 31.1 Å². The van der Waals surface area contributed by atoms with Crippen molar-refractivity contribution in [1.29, 1.82) is 0 Å². The first-order valence-corrected chi connectivity index (χ1v) is 10.9. The van der Waals surface area contributed by atoms with Crippen molar-refractivity contribution >= 4 is 23.9 Å². The number of amides is 1. The highest BCUT2D eigenvalue weighted by molar-refractivity contribution is 7.14. The van der Waals surface area contributed by atoms with Gasteiger partial charge in [0.25, 0.3) is 12.6 Å². The van der Waals surface area contributed by atoms with Crippen LogP contribution in [0.2, 0.25) is 0 Å². The minimum atomic E-state index is -5.76. The Kier molecular flexibility index (Phi) is 7.76. The Labute approximate surface area is 194 Å². The fraction of sp³-hybridized carbons (Fsp3) is 0.429. The molecule has 1 amide bonds. The summed E-state index contributed by atoms with van der Waals surface area (Å²) in [4.78, 5) is 26.2. The number of hydrogen-bond acceptors (Lipinski definition) is 6. The molecule has 0 spiro atoms. The SMILES string of the molecule is Cc1ccc(CN2CCN(C(=O)OC(C(F)(F)F)C(F)(F)F)CC2)c(-c2sccc2OC=O)c1. The highest BCUT2D eigenvalue weighted by Crippen LogP contribution is 2.39. The van der Waals surface area contributed by atoms with E-state index in [2.05, 4.69) is 4.74 Å². The number of benzene rings is 1. The van der Waals surface area contributed by atoms with Crippen LogP contribution in [-0.4, -0.2) is 67.0 Å². The summed E-state index contributed by atoms with van der Waals surface area (Å²) in [5.74, 6) is 0.406. The molecule has 34 heavy (non-hydrogen) atoms. The average Bonchev–Trinajstić information content (AvgIpc) is 3.20. The summed E-state index contributed by atoms with van der Waals surface area (Å²) in [6.07, 6.45) is -17.4. The van der Waals surface area contributed by atoms with Crippen molar-refractivity contribution in [2.75, 3.05) is 26.2 Å². The lowest BCUT2D eigenvalue weighted by Crippen LogP contribution is -2.52. The first-order valence-electron chi connectivity index (χ1n) is 9.99. The van der Waals surface area contributed by atoms with E-state index in [0.29, 0.717) is 18.8 Å². The predicted octanol–water partition coefficient (Wildman–Crippen LogP) is 5.01. The highest BCUT2D eigenvalue weighted by atomic mass is 32.1. The number of thiophene rings is 1. The van der Waals surface area contributed by atoms with Crippen molar-refractivity contribution < 1.29 is 45.4 Å². The molecule has 2 heterocycles. The minimum Gasteiger partial charge on any atom is -0.427 e. The average molecular weight is 510 g/mol. The summed E-state index contributed by atoms with van der Waals surface area (Å²) >= 11 is 1.39. The van der Waals surface area contributed by atoms with Crippen LogP contribution in [0.15, 0.2) is 29.6 Å². The fourth-order valence-electron chi connectivity index (χ4n) is 3.50. The molecule has 0 saturated carbocycles. The smallest absolute Gasteiger partial charge is 0.427 e. The van der Waals surface area contributed by atoms with Crippen LogP contribution >= 0.6 is 11.3 Å². The number of aryl methyl sites for hydroxylation is 1. The predicted molar refractivity (Wildman–Crippen MR) is 110 cm³/mol. The monoisotopic (exact) mass is 510 g/mol. The standard InChI is InChI=1S/C21H20F6N2O4S/c1-13-2-3-14(15(10-13)17-16(32-12-30)4-9-34-17)11-28-5-7-29(8-6-28)19(31)33-18(20(22,23)24)21(25,26)27/h2-4,9-10,12,18H,5-8,11H2,1H3.